The minimum absolute atomic E-state index is 0.205. The third-order valence-electron chi connectivity index (χ3n) is 3.63. The van der Waals surface area contributed by atoms with E-state index in [-0.39, 0.29) is 12.0 Å². The predicted molar refractivity (Wildman–Crippen MR) is 77.3 cm³/mol. The van der Waals surface area contributed by atoms with Crippen LogP contribution in [0.1, 0.15) is 19.8 Å². The normalized spacial score (nSPS) is 20.4. The second-order valence-corrected chi connectivity index (χ2v) is 7.79. The zero-order valence-corrected chi connectivity index (χ0v) is 13.2. The Morgan fingerprint density at radius 3 is 2.26 bits per heavy atom. The smallest absolute Gasteiger partial charge is 0.243 e. The Balaban J connectivity index is 2.12. The number of rotatable bonds is 3. The number of hydrogen-bond acceptors (Lipinski definition) is 3. The largest absolute Gasteiger partial charge is 0.393 e. The van der Waals surface area contributed by atoms with E-state index in [1.165, 1.54) is 4.31 Å². The van der Waals surface area contributed by atoms with Gasteiger partial charge in [0.2, 0.25) is 10.0 Å². The number of nitrogens with zero attached hydrogens (tertiary/aromatic N) is 1. The summed E-state index contributed by atoms with van der Waals surface area (Å²) in [4.78, 5) is 0.325. The monoisotopic (exact) mass is 347 g/mol. The zero-order chi connectivity index (χ0) is 14.0. The van der Waals surface area contributed by atoms with Gasteiger partial charge in [0, 0.05) is 17.6 Å². The van der Waals surface area contributed by atoms with E-state index < -0.39 is 10.0 Å². The Hall–Kier alpha value is -0.430. The quantitative estimate of drug-likeness (QED) is 0.911. The van der Waals surface area contributed by atoms with Gasteiger partial charge in [0.15, 0.2) is 0 Å². The molecule has 2 rings (SSSR count). The van der Waals surface area contributed by atoms with Gasteiger partial charge in [-0.05, 0) is 49.9 Å². The van der Waals surface area contributed by atoms with Crippen molar-refractivity contribution in [2.24, 2.45) is 5.92 Å². The first kappa shape index (κ1) is 15.0. The van der Waals surface area contributed by atoms with Crippen molar-refractivity contribution in [3.63, 3.8) is 0 Å². The molecule has 4 nitrogen and oxygen atoms in total. The minimum atomic E-state index is -3.40. The fourth-order valence-corrected chi connectivity index (χ4v) is 4.09. The molecule has 1 atom stereocenters. The zero-order valence-electron chi connectivity index (χ0n) is 10.8. The summed E-state index contributed by atoms with van der Waals surface area (Å²) in [5.41, 5.74) is 0. The SMILES string of the molecule is CC(O)C1CCN(S(=O)(=O)c2ccc(Br)cc2)CC1. The Bertz CT molecular complexity index is 519. The molecular formula is C13H18BrNO3S. The molecule has 0 amide bonds. The van der Waals surface area contributed by atoms with Gasteiger partial charge in [-0.3, -0.25) is 0 Å². The summed E-state index contributed by atoms with van der Waals surface area (Å²) in [6, 6.07) is 6.69. The van der Waals surface area contributed by atoms with Gasteiger partial charge < -0.3 is 5.11 Å². The lowest BCUT2D eigenvalue weighted by molar-refractivity contribution is 0.0912. The first-order valence-corrected chi connectivity index (χ1v) is 8.58. The number of aliphatic hydroxyl groups excluding tert-OH is 1. The lowest BCUT2D eigenvalue weighted by atomic mass is 9.93. The van der Waals surface area contributed by atoms with Gasteiger partial charge in [-0.2, -0.15) is 4.31 Å². The molecule has 1 heterocycles. The molecule has 1 fully saturated rings. The van der Waals surface area contributed by atoms with Crippen molar-refractivity contribution in [1.82, 2.24) is 4.31 Å². The molecule has 0 aliphatic carbocycles. The van der Waals surface area contributed by atoms with Crippen molar-refractivity contribution < 1.29 is 13.5 Å². The average Bonchev–Trinajstić information content (AvgIpc) is 2.39. The highest BCUT2D eigenvalue weighted by Gasteiger charge is 2.30. The number of piperidine rings is 1. The third-order valence-corrected chi connectivity index (χ3v) is 6.07. The Morgan fingerprint density at radius 2 is 1.79 bits per heavy atom. The van der Waals surface area contributed by atoms with Crippen molar-refractivity contribution in [3.05, 3.63) is 28.7 Å². The summed E-state index contributed by atoms with van der Waals surface area (Å²) in [5, 5.41) is 9.54. The van der Waals surface area contributed by atoms with Crippen LogP contribution in [0.5, 0.6) is 0 Å². The lowest BCUT2D eigenvalue weighted by Gasteiger charge is -2.32. The van der Waals surface area contributed by atoms with Gasteiger partial charge in [-0.25, -0.2) is 8.42 Å². The molecule has 19 heavy (non-hydrogen) atoms. The van der Waals surface area contributed by atoms with Gasteiger partial charge in [-0.1, -0.05) is 15.9 Å². The van der Waals surface area contributed by atoms with Crippen LogP contribution in [-0.2, 0) is 10.0 Å². The number of benzene rings is 1. The second kappa shape index (κ2) is 5.91. The van der Waals surface area contributed by atoms with Gasteiger partial charge in [0.05, 0.1) is 11.0 Å². The van der Waals surface area contributed by atoms with Gasteiger partial charge >= 0.3 is 0 Å². The molecule has 1 N–H and O–H groups in total. The molecule has 1 aliphatic rings. The number of sulfonamides is 1. The van der Waals surface area contributed by atoms with E-state index in [2.05, 4.69) is 15.9 Å². The lowest BCUT2D eigenvalue weighted by Crippen LogP contribution is -2.40. The maximum atomic E-state index is 12.4. The molecule has 6 heteroatoms. The highest BCUT2D eigenvalue weighted by atomic mass is 79.9. The molecule has 0 spiro atoms. The third kappa shape index (κ3) is 3.37. The van der Waals surface area contributed by atoms with Crippen LogP contribution in [0, 0.1) is 5.92 Å². The average molecular weight is 348 g/mol. The Morgan fingerprint density at radius 1 is 1.26 bits per heavy atom. The fraction of sp³-hybridized carbons (Fsp3) is 0.538. The van der Waals surface area contributed by atoms with Crippen LogP contribution in [0.25, 0.3) is 0 Å². The van der Waals surface area contributed by atoms with Crippen LogP contribution >= 0.6 is 15.9 Å². The van der Waals surface area contributed by atoms with Crippen LogP contribution in [0.4, 0.5) is 0 Å². The van der Waals surface area contributed by atoms with E-state index in [9.17, 15) is 13.5 Å². The first-order chi connectivity index (χ1) is 8.91. The molecule has 1 unspecified atom stereocenters. The number of halogens is 1. The maximum Gasteiger partial charge on any atom is 0.243 e. The molecule has 1 aromatic carbocycles. The minimum Gasteiger partial charge on any atom is -0.393 e. The fourth-order valence-electron chi connectivity index (χ4n) is 2.35. The van der Waals surface area contributed by atoms with E-state index in [4.69, 9.17) is 0 Å². The maximum absolute atomic E-state index is 12.4. The summed E-state index contributed by atoms with van der Waals surface area (Å²) < 4.78 is 27.2. The summed E-state index contributed by atoms with van der Waals surface area (Å²) in [6.07, 6.45) is 1.07. The highest BCUT2D eigenvalue weighted by molar-refractivity contribution is 9.10. The van der Waals surface area contributed by atoms with E-state index in [1.54, 1.807) is 31.2 Å². The van der Waals surface area contributed by atoms with Crippen molar-refractivity contribution in [3.8, 4) is 0 Å². The van der Waals surface area contributed by atoms with Crippen LogP contribution in [0.15, 0.2) is 33.6 Å². The molecule has 0 aromatic heterocycles. The van der Waals surface area contributed by atoms with Crippen LogP contribution in [0.2, 0.25) is 0 Å². The van der Waals surface area contributed by atoms with Crippen LogP contribution in [0.3, 0.4) is 0 Å². The molecule has 1 aliphatic heterocycles. The van der Waals surface area contributed by atoms with Crippen molar-refractivity contribution in [1.29, 1.82) is 0 Å². The molecule has 1 aromatic rings. The molecular weight excluding hydrogens is 330 g/mol. The van der Waals surface area contributed by atoms with Crippen LogP contribution < -0.4 is 0 Å². The molecule has 0 bridgehead atoms. The predicted octanol–water partition coefficient (Wildman–Crippen LogP) is 2.23. The van der Waals surface area contributed by atoms with E-state index >= 15 is 0 Å². The topological polar surface area (TPSA) is 57.6 Å². The Labute approximate surface area is 122 Å². The van der Waals surface area contributed by atoms with E-state index in [0.717, 1.165) is 4.47 Å². The van der Waals surface area contributed by atoms with Crippen molar-refractivity contribution >= 4 is 26.0 Å². The summed E-state index contributed by atoms with van der Waals surface area (Å²) in [7, 11) is -3.40. The first-order valence-electron chi connectivity index (χ1n) is 6.35. The molecule has 106 valence electrons. The summed E-state index contributed by atoms with van der Waals surface area (Å²) in [6.45, 7) is 2.73. The van der Waals surface area contributed by atoms with Crippen LogP contribution in [-0.4, -0.2) is 37.0 Å². The summed E-state index contributed by atoms with van der Waals surface area (Å²) >= 11 is 3.30. The Kier molecular flexibility index (Phi) is 4.66. The number of hydrogen-bond donors (Lipinski definition) is 1. The molecule has 0 radical (unpaired) electrons. The van der Waals surface area contributed by atoms with Gasteiger partial charge in [0.1, 0.15) is 0 Å². The highest BCUT2D eigenvalue weighted by Crippen LogP contribution is 2.26. The number of aliphatic hydroxyl groups is 1. The summed E-state index contributed by atoms with van der Waals surface area (Å²) in [5.74, 6) is 0.205. The van der Waals surface area contributed by atoms with Crippen molar-refractivity contribution in [2.75, 3.05) is 13.1 Å². The van der Waals surface area contributed by atoms with Crippen molar-refractivity contribution in [2.45, 2.75) is 30.8 Å². The van der Waals surface area contributed by atoms with E-state index in [0.29, 0.717) is 30.8 Å². The second-order valence-electron chi connectivity index (χ2n) is 4.94. The van der Waals surface area contributed by atoms with E-state index in [1.807, 2.05) is 0 Å². The van der Waals surface area contributed by atoms with Gasteiger partial charge in [-0.15, -0.1) is 0 Å². The molecule has 0 saturated carbocycles. The standard InChI is InChI=1S/C13H18BrNO3S/c1-10(16)11-6-8-15(9-7-11)19(17,18)13-4-2-12(14)3-5-13/h2-5,10-11,16H,6-9H2,1H3. The van der Waals surface area contributed by atoms with Gasteiger partial charge in [0.25, 0.3) is 0 Å². The molecule has 1 saturated heterocycles.